The average Bonchev–Trinajstić information content (AvgIpc) is 3.43. The molecule has 0 N–H and O–H groups in total. The molecule has 0 aliphatic heterocycles. The Morgan fingerprint density at radius 2 is 0.412 bits per heavy atom. The molecule has 0 bridgehead atoms. The van der Waals surface area contributed by atoms with Gasteiger partial charge in [0.25, 0.3) is 0 Å². The zero-order chi connectivity index (χ0) is 45.6. The van der Waals surface area contributed by atoms with Gasteiger partial charge in [0.15, 0.2) is 17.5 Å². The highest BCUT2D eigenvalue weighted by molar-refractivity contribution is 5.73. The van der Waals surface area contributed by atoms with Gasteiger partial charge in [-0.05, 0) is 67.8 Å². The number of aromatic nitrogens is 3. The predicted molar refractivity (Wildman–Crippen MR) is 278 cm³/mol. The molecule has 3 nitrogen and oxygen atoms in total. The molecule has 0 aliphatic rings. The highest BCUT2D eigenvalue weighted by Crippen LogP contribution is 2.47. The van der Waals surface area contributed by atoms with E-state index < -0.39 is 10.8 Å². The molecule has 11 rings (SSSR count). The molecule has 3 heteroatoms. The Balaban J connectivity index is 1.03. The lowest BCUT2D eigenvalue weighted by molar-refractivity contribution is 0.745. The number of rotatable bonds is 12. The summed E-state index contributed by atoms with van der Waals surface area (Å²) in [7, 11) is 0. The molecule has 0 radical (unpaired) electrons. The van der Waals surface area contributed by atoms with Gasteiger partial charge in [0.05, 0.1) is 10.8 Å². The van der Waals surface area contributed by atoms with Gasteiger partial charge in [0.2, 0.25) is 0 Å². The molecule has 322 valence electrons. The molecule has 0 atom stereocenters. The highest BCUT2D eigenvalue weighted by atomic mass is 15.0. The van der Waals surface area contributed by atoms with E-state index in [1.165, 1.54) is 38.9 Å². The Kier molecular flexibility index (Phi) is 11.5. The highest BCUT2D eigenvalue weighted by Gasteiger charge is 2.40. The number of hydrogen-bond donors (Lipinski definition) is 0. The molecule has 0 unspecified atom stereocenters. The van der Waals surface area contributed by atoms with Crippen molar-refractivity contribution in [3.8, 4) is 45.3 Å². The Morgan fingerprint density at radius 3 is 0.765 bits per heavy atom. The average molecular weight is 870 g/mol. The van der Waals surface area contributed by atoms with Crippen LogP contribution in [0.5, 0.6) is 0 Å². The van der Waals surface area contributed by atoms with E-state index in [0.717, 1.165) is 33.4 Å². The summed E-state index contributed by atoms with van der Waals surface area (Å²) in [5.41, 5.74) is 13.2. The van der Waals surface area contributed by atoms with Crippen molar-refractivity contribution >= 4 is 0 Å². The minimum absolute atomic E-state index is 0.547. The summed E-state index contributed by atoms with van der Waals surface area (Å²) in [6.07, 6.45) is 0. The lowest BCUT2D eigenvalue weighted by atomic mass is 9.65. The Labute approximate surface area is 398 Å². The summed E-state index contributed by atoms with van der Waals surface area (Å²) >= 11 is 0. The Hall–Kier alpha value is -8.79. The molecule has 1 heterocycles. The molecule has 0 fully saturated rings. The van der Waals surface area contributed by atoms with Gasteiger partial charge >= 0.3 is 0 Å². The second kappa shape index (κ2) is 18.6. The molecule has 0 aliphatic carbocycles. The number of hydrogen-bond acceptors (Lipinski definition) is 3. The summed E-state index contributed by atoms with van der Waals surface area (Å²) in [4.78, 5) is 15.6. The minimum Gasteiger partial charge on any atom is -0.208 e. The monoisotopic (exact) mass is 869 g/mol. The van der Waals surface area contributed by atoms with Gasteiger partial charge < -0.3 is 0 Å². The third-order valence-corrected chi connectivity index (χ3v) is 13.2. The first-order chi connectivity index (χ1) is 33.7. The molecule has 0 saturated heterocycles. The van der Waals surface area contributed by atoms with Crippen molar-refractivity contribution in [1.82, 2.24) is 15.0 Å². The normalized spacial score (nSPS) is 11.5. The third kappa shape index (κ3) is 7.70. The van der Waals surface area contributed by atoms with Crippen LogP contribution in [-0.4, -0.2) is 15.0 Å². The fourth-order valence-corrected chi connectivity index (χ4v) is 10.1. The van der Waals surface area contributed by atoms with Gasteiger partial charge in [0, 0.05) is 16.7 Å². The Bertz CT molecular complexity index is 3210. The van der Waals surface area contributed by atoms with Gasteiger partial charge in [0.1, 0.15) is 0 Å². The van der Waals surface area contributed by atoms with Crippen molar-refractivity contribution in [2.75, 3.05) is 0 Å². The second-order valence-corrected chi connectivity index (χ2v) is 17.1. The van der Waals surface area contributed by atoms with Crippen molar-refractivity contribution in [1.29, 1.82) is 0 Å². The zero-order valence-corrected chi connectivity index (χ0v) is 37.5. The van der Waals surface area contributed by atoms with Crippen LogP contribution in [0.2, 0.25) is 0 Å². The Morgan fingerprint density at radius 1 is 0.176 bits per heavy atom. The van der Waals surface area contributed by atoms with Crippen LogP contribution in [-0.2, 0) is 10.8 Å². The lowest BCUT2D eigenvalue weighted by Crippen LogP contribution is -2.31. The third-order valence-electron chi connectivity index (χ3n) is 13.2. The molecule has 0 amide bonds. The summed E-state index contributed by atoms with van der Waals surface area (Å²) < 4.78 is 0. The van der Waals surface area contributed by atoms with E-state index in [4.69, 9.17) is 15.0 Å². The van der Waals surface area contributed by atoms with Gasteiger partial charge in [-0.2, -0.15) is 0 Å². The zero-order valence-electron chi connectivity index (χ0n) is 37.5. The van der Waals surface area contributed by atoms with E-state index in [1.54, 1.807) is 0 Å². The molecular formula is C65H47N3. The van der Waals surface area contributed by atoms with E-state index in [2.05, 4.69) is 267 Å². The lowest BCUT2D eigenvalue weighted by Gasteiger charge is -2.37. The van der Waals surface area contributed by atoms with Crippen LogP contribution >= 0.6 is 0 Å². The maximum Gasteiger partial charge on any atom is 0.164 e. The molecule has 0 saturated carbocycles. The largest absolute Gasteiger partial charge is 0.208 e. The van der Waals surface area contributed by atoms with E-state index in [9.17, 15) is 0 Å². The summed E-state index contributed by atoms with van der Waals surface area (Å²) in [6.45, 7) is 0. The van der Waals surface area contributed by atoms with Crippen LogP contribution in [0.1, 0.15) is 44.5 Å². The molecule has 1 aromatic heterocycles. The summed E-state index contributed by atoms with van der Waals surface area (Å²) in [6, 6.07) is 101. The first kappa shape index (κ1) is 41.9. The standard InChI is InChI=1S/C65H47N3/c1-8-24-49(25-9-1)61-66-62(68-63(67-61)52-27-23-41-60(47-52)65(56-34-16-5-17-35-56,57-36-18-6-19-37-57)58-38-20-7-21-39-58)50-44-42-48(43-45-50)51-26-22-40-59(46-51)64(53-28-10-2-11-29-53,54-30-12-3-13-31-54)55-32-14-4-15-33-55/h1-47H. The predicted octanol–water partition coefficient (Wildman–Crippen LogP) is 15.3. The summed E-state index contributed by atoms with van der Waals surface area (Å²) in [5.74, 6) is 1.83. The van der Waals surface area contributed by atoms with Crippen LogP contribution in [0.15, 0.2) is 285 Å². The van der Waals surface area contributed by atoms with Gasteiger partial charge in [-0.25, -0.2) is 15.0 Å². The SMILES string of the molecule is c1ccc(-c2nc(-c3ccc(-c4cccc(C(c5ccccc5)(c5ccccc5)c5ccccc5)c4)cc3)nc(-c3cccc(C(c4ccccc4)(c4ccccc4)c4ccccc4)c3)n2)cc1. The van der Waals surface area contributed by atoms with Gasteiger partial charge in [-0.3, -0.25) is 0 Å². The smallest absolute Gasteiger partial charge is 0.164 e. The second-order valence-electron chi connectivity index (χ2n) is 17.1. The van der Waals surface area contributed by atoms with Crippen LogP contribution in [0.25, 0.3) is 45.3 Å². The van der Waals surface area contributed by atoms with Crippen molar-refractivity contribution in [3.63, 3.8) is 0 Å². The maximum absolute atomic E-state index is 5.27. The molecule has 11 aromatic rings. The van der Waals surface area contributed by atoms with Crippen LogP contribution < -0.4 is 0 Å². The van der Waals surface area contributed by atoms with Crippen LogP contribution in [0.3, 0.4) is 0 Å². The van der Waals surface area contributed by atoms with E-state index in [-0.39, 0.29) is 0 Å². The fourth-order valence-electron chi connectivity index (χ4n) is 10.1. The maximum atomic E-state index is 5.27. The summed E-state index contributed by atoms with van der Waals surface area (Å²) in [5, 5.41) is 0. The quantitative estimate of drug-likeness (QED) is 0.115. The molecule has 0 spiro atoms. The molecule has 68 heavy (non-hydrogen) atoms. The van der Waals surface area contributed by atoms with E-state index in [0.29, 0.717) is 17.5 Å². The topological polar surface area (TPSA) is 38.7 Å². The van der Waals surface area contributed by atoms with Crippen molar-refractivity contribution in [2.24, 2.45) is 0 Å². The van der Waals surface area contributed by atoms with Crippen molar-refractivity contribution < 1.29 is 0 Å². The van der Waals surface area contributed by atoms with Crippen LogP contribution in [0, 0.1) is 0 Å². The minimum atomic E-state index is -0.617. The number of nitrogens with zero attached hydrogens (tertiary/aromatic N) is 3. The fraction of sp³-hybridized carbons (Fsp3) is 0.0308. The van der Waals surface area contributed by atoms with Crippen LogP contribution in [0.4, 0.5) is 0 Å². The van der Waals surface area contributed by atoms with Crippen molar-refractivity contribution in [2.45, 2.75) is 10.8 Å². The molecular weight excluding hydrogens is 823 g/mol. The van der Waals surface area contributed by atoms with Crippen molar-refractivity contribution in [3.05, 3.63) is 330 Å². The first-order valence-corrected chi connectivity index (χ1v) is 23.2. The van der Waals surface area contributed by atoms with E-state index >= 15 is 0 Å². The van der Waals surface area contributed by atoms with Gasteiger partial charge in [-0.15, -0.1) is 0 Å². The van der Waals surface area contributed by atoms with Gasteiger partial charge in [-0.1, -0.05) is 273 Å². The van der Waals surface area contributed by atoms with E-state index in [1.807, 2.05) is 18.2 Å². The molecule has 10 aromatic carbocycles. The number of benzene rings is 10. The first-order valence-electron chi connectivity index (χ1n) is 23.2.